The molecule has 1 unspecified atom stereocenters. The maximum Gasteiger partial charge on any atom is 0.133 e. The van der Waals surface area contributed by atoms with E-state index in [1.165, 1.54) is 10.5 Å². The van der Waals surface area contributed by atoms with Crippen LogP contribution in [0.5, 0.6) is 5.75 Å². The molecule has 2 aromatic rings. The van der Waals surface area contributed by atoms with E-state index in [-0.39, 0.29) is 0 Å². The van der Waals surface area contributed by atoms with Gasteiger partial charge in [-0.2, -0.15) is 0 Å². The van der Waals surface area contributed by atoms with Gasteiger partial charge in [-0.3, -0.25) is 0 Å². The van der Waals surface area contributed by atoms with E-state index in [0.29, 0.717) is 13.0 Å². The lowest BCUT2D eigenvalue weighted by Gasteiger charge is -2.16. The summed E-state index contributed by atoms with van der Waals surface area (Å²) in [5, 5.41) is 10.6. The van der Waals surface area contributed by atoms with Crippen LogP contribution >= 0.6 is 11.8 Å². The zero-order valence-corrected chi connectivity index (χ0v) is 14.5. The Morgan fingerprint density at radius 1 is 1.17 bits per heavy atom. The zero-order chi connectivity index (χ0) is 16.2. The number of hydrogen-bond donors (Lipinski definition) is 1. The van der Waals surface area contributed by atoms with Crippen molar-refractivity contribution in [3.05, 3.63) is 53.6 Å². The van der Waals surface area contributed by atoms with Gasteiger partial charge in [-0.1, -0.05) is 42.1 Å². The number of aliphatic hydroxyl groups excluding tert-OH is 1. The molecule has 1 N–H and O–H groups in total. The van der Waals surface area contributed by atoms with E-state index in [0.717, 1.165) is 29.2 Å². The molecule has 1 aliphatic rings. The lowest BCUT2D eigenvalue weighted by atomic mass is 10.0. The number of hydrogen-bond acceptors (Lipinski definition) is 4. The van der Waals surface area contributed by atoms with Crippen LogP contribution in [0, 0.1) is 0 Å². The van der Waals surface area contributed by atoms with Crippen molar-refractivity contribution in [2.24, 2.45) is 0 Å². The molecule has 4 heteroatoms. The van der Waals surface area contributed by atoms with Crippen LogP contribution in [0.2, 0.25) is 0 Å². The molecule has 0 amide bonds. The second-order valence-corrected chi connectivity index (χ2v) is 7.16. The zero-order valence-electron chi connectivity index (χ0n) is 13.7. The first-order valence-electron chi connectivity index (χ1n) is 7.99. The van der Waals surface area contributed by atoms with Gasteiger partial charge in [0.2, 0.25) is 0 Å². The van der Waals surface area contributed by atoms with Crippen molar-refractivity contribution in [3.63, 3.8) is 0 Å². The topological polar surface area (TPSA) is 32.7 Å². The summed E-state index contributed by atoms with van der Waals surface area (Å²) in [4.78, 5) is 4.41. The van der Waals surface area contributed by atoms with Gasteiger partial charge in [0.25, 0.3) is 0 Å². The fourth-order valence-corrected chi connectivity index (χ4v) is 3.98. The lowest BCUT2D eigenvalue weighted by molar-refractivity contribution is 0.174. The van der Waals surface area contributed by atoms with E-state index in [9.17, 15) is 5.11 Å². The summed E-state index contributed by atoms with van der Waals surface area (Å²) in [6, 6.07) is 14.3. The standard InChI is InChI=1S/C19H23NO2S/c1-20(2)11-6-12-22-17-9-5-8-15-16(21)13-14-7-3-4-10-18(14)23-19(15)17/h3-5,7-10,16,21H,6,11-13H2,1-2H3. The molecule has 0 aromatic heterocycles. The molecule has 0 spiro atoms. The third kappa shape index (κ3) is 3.89. The van der Waals surface area contributed by atoms with Crippen LogP contribution in [-0.2, 0) is 6.42 Å². The Labute approximate surface area is 142 Å². The first-order chi connectivity index (χ1) is 11.1. The van der Waals surface area contributed by atoms with E-state index in [2.05, 4.69) is 31.1 Å². The maximum atomic E-state index is 10.6. The first kappa shape index (κ1) is 16.4. The predicted octanol–water partition coefficient (Wildman–Crippen LogP) is 3.76. The van der Waals surface area contributed by atoms with Crippen molar-refractivity contribution in [1.29, 1.82) is 0 Å². The summed E-state index contributed by atoms with van der Waals surface area (Å²) in [5.41, 5.74) is 2.16. The van der Waals surface area contributed by atoms with Crippen molar-refractivity contribution in [2.45, 2.75) is 28.7 Å². The molecule has 1 heterocycles. The fourth-order valence-electron chi connectivity index (χ4n) is 2.78. The summed E-state index contributed by atoms with van der Waals surface area (Å²) < 4.78 is 6.02. The molecule has 1 atom stereocenters. The highest BCUT2D eigenvalue weighted by atomic mass is 32.2. The van der Waals surface area contributed by atoms with Crippen molar-refractivity contribution in [3.8, 4) is 5.75 Å². The van der Waals surface area contributed by atoms with Crippen LogP contribution in [0.3, 0.4) is 0 Å². The van der Waals surface area contributed by atoms with E-state index in [1.54, 1.807) is 11.8 Å². The molecule has 2 aromatic carbocycles. The van der Waals surface area contributed by atoms with Gasteiger partial charge >= 0.3 is 0 Å². The second-order valence-electron chi connectivity index (χ2n) is 6.11. The van der Waals surface area contributed by atoms with Crippen LogP contribution < -0.4 is 4.74 Å². The van der Waals surface area contributed by atoms with Crippen LogP contribution in [0.1, 0.15) is 23.7 Å². The van der Waals surface area contributed by atoms with Crippen molar-refractivity contribution in [1.82, 2.24) is 4.90 Å². The highest BCUT2D eigenvalue weighted by Crippen LogP contribution is 2.45. The Kier molecular flexibility index (Phi) is 5.26. The van der Waals surface area contributed by atoms with Gasteiger partial charge in [-0.25, -0.2) is 0 Å². The minimum Gasteiger partial charge on any atom is -0.492 e. The largest absolute Gasteiger partial charge is 0.492 e. The van der Waals surface area contributed by atoms with Gasteiger partial charge in [0.05, 0.1) is 17.6 Å². The summed E-state index contributed by atoms with van der Waals surface area (Å²) >= 11 is 1.70. The SMILES string of the molecule is CN(C)CCCOc1cccc2c1Sc1ccccc1CC2O. The predicted molar refractivity (Wildman–Crippen MR) is 94.3 cm³/mol. The van der Waals surface area contributed by atoms with Gasteiger partial charge in [-0.05, 0) is 43.8 Å². The molecule has 0 fully saturated rings. The van der Waals surface area contributed by atoms with Crippen molar-refractivity contribution < 1.29 is 9.84 Å². The molecule has 23 heavy (non-hydrogen) atoms. The van der Waals surface area contributed by atoms with E-state index in [1.807, 2.05) is 30.3 Å². The average molecular weight is 329 g/mol. The van der Waals surface area contributed by atoms with Gasteiger partial charge in [0.15, 0.2) is 0 Å². The highest BCUT2D eigenvalue weighted by Gasteiger charge is 2.23. The number of aliphatic hydroxyl groups is 1. The third-order valence-electron chi connectivity index (χ3n) is 3.97. The van der Waals surface area contributed by atoms with Gasteiger partial charge in [-0.15, -0.1) is 0 Å². The highest BCUT2D eigenvalue weighted by molar-refractivity contribution is 7.99. The Morgan fingerprint density at radius 3 is 2.83 bits per heavy atom. The lowest BCUT2D eigenvalue weighted by Crippen LogP contribution is -2.15. The minimum atomic E-state index is -0.480. The molecular formula is C19H23NO2S. The normalized spacial score (nSPS) is 16.6. The summed E-state index contributed by atoms with van der Waals surface area (Å²) in [6.45, 7) is 1.70. The van der Waals surface area contributed by atoms with Crippen LogP contribution in [0.4, 0.5) is 0 Å². The number of benzene rings is 2. The van der Waals surface area contributed by atoms with Crippen LogP contribution in [-0.4, -0.2) is 37.3 Å². The Hall–Kier alpha value is -1.49. The van der Waals surface area contributed by atoms with E-state index < -0.39 is 6.10 Å². The van der Waals surface area contributed by atoms with Gasteiger partial charge < -0.3 is 14.7 Å². The summed E-state index contributed by atoms with van der Waals surface area (Å²) in [5.74, 6) is 0.877. The van der Waals surface area contributed by atoms with E-state index in [4.69, 9.17) is 4.74 Å². The first-order valence-corrected chi connectivity index (χ1v) is 8.81. The molecule has 0 saturated heterocycles. The number of nitrogens with zero attached hydrogens (tertiary/aromatic N) is 1. The molecule has 3 nitrogen and oxygen atoms in total. The number of fused-ring (bicyclic) bond motifs is 2. The molecule has 122 valence electrons. The minimum absolute atomic E-state index is 0.480. The molecule has 0 radical (unpaired) electrons. The van der Waals surface area contributed by atoms with Crippen LogP contribution in [0.25, 0.3) is 0 Å². The quantitative estimate of drug-likeness (QED) is 0.847. The van der Waals surface area contributed by atoms with Crippen LogP contribution in [0.15, 0.2) is 52.3 Å². The average Bonchev–Trinajstić information content (AvgIpc) is 2.68. The van der Waals surface area contributed by atoms with Crippen molar-refractivity contribution >= 4 is 11.8 Å². The monoisotopic (exact) mass is 329 g/mol. The summed E-state index contributed by atoms with van der Waals surface area (Å²) in [7, 11) is 4.13. The molecule has 0 aliphatic carbocycles. The molecule has 0 bridgehead atoms. The second kappa shape index (κ2) is 7.39. The number of rotatable bonds is 5. The molecule has 0 saturated carbocycles. The number of ether oxygens (including phenoxy) is 1. The Balaban J connectivity index is 1.84. The maximum absolute atomic E-state index is 10.6. The molecule has 3 rings (SSSR count). The fraction of sp³-hybridized carbons (Fsp3) is 0.368. The summed E-state index contributed by atoms with van der Waals surface area (Å²) in [6.07, 6.45) is 1.16. The molecular weight excluding hydrogens is 306 g/mol. The smallest absolute Gasteiger partial charge is 0.133 e. The van der Waals surface area contributed by atoms with Gasteiger partial charge in [0.1, 0.15) is 5.75 Å². The van der Waals surface area contributed by atoms with E-state index >= 15 is 0 Å². The third-order valence-corrected chi connectivity index (χ3v) is 5.23. The molecule has 1 aliphatic heterocycles. The van der Waals surface area contributed by atoms with Crippen molar-refractivity contribution in [2.75, 3.05) is 27.2 Å². The Bertz CT molecular complexity index is 672. The Morgan fingerprint density at radius 2 is 2.00 bits per heavy atom. The van der Waals surface area contributed by atoms with Gasteiger partial charge in [0, 0.05) is 17.9 Å².